The first-order valence-electron chi connectivity index (χ1n) is 11.5. The number of benzene rings is 4. The standard InChI is InChI=1S/C31H22O7/c1-19(2)31(36)38-26-15-9-14-24(29(35)28(34)21-12-7-4-8-13-21)30(26)37-22-16-17-23(25(32)18-22)27(33)20-10-5-3-6-11-20/h3-18,32H,1H2,2H3. The van der Waals surface area contributed by atoms with Crippen LogP contribution in [0.4, 0.5) is 0 Å². The van der Waals surface area contributed by atoms with Gasteiger partial charge in [-0.3, -0.25) is 14.4 Å². The lowest BCUT2D eigenvalue weighted by molar-refractivity contribution is -0.130. The van der Waals surface area contributed by atoms with Crippen molar-refractivity contribution in [3.63, 3.8) is 0 Å². The third-order valence-corrected chi connectivity index (χ3v) is 5.49. The number of carbonyl (C=O) groups excluding carboxylic acids is 4. The van der Waals surface area contributed by atoms with E-state index in [0.29, 0.717) is 5.56 Å². The van der Waals surface area contributed by atoms with Gasteiger partial charge in [0.05, 0.1) is 11.1 Å². The molecule has 0 aliphatic heterocycles. The van der Waals surface area contributed by atoms with Crippen LogP contribution in [0.3, 0.4) is 0 Å². The number of phenols is 1. The van der Waals surface area contributed by atoms with Crippen molar-refractivity contribution in [2.45, 2.75) is 6.92 Å². The van der Waals surface area contributed by atoms with Gasteiger partial charge in [-0.1, -0.05) is 73.3 Å². The Balaban J connectivity index is 1.73. The van der Waals surface area contributed by atoms with Gasteiger partial charge in [-0.15, -0.1) is 0 Å². The molecule has 4 aromatic rings. The van der Waals surface area contributed by atoms with E-state index in [2.05, 4.69) is 6.58 Å². The monoisotopic (exact) mass is 506 g/mol. The maximum absolute atomic E-state index is 13.2. The minimum absolute atomic E-state index is 0.0344. The van der Waals surface area contributed by atoms with Crippen molar-refractivity contribution in [2.75, 3.05) is 0 Å². The summed E-state index contributed by atoms with van der Waals surface area (Å²) in [5.41, 5.74) is 0.556. The van der Waals surface area contributed by atoms with Crippen LogP contribution >= 0.6 is 0 Å². The van der Waals surface area contributed by atoms with Crippen molar-refractivity contribution in [3.05, 3.63) is 131 Å². The van der Waals surface area contributed by atoms with Crippen molar-refractivity contribution in [1.82, 2.24) is 0 Å². The molecule has 4 rings (SSSR count). The van der Waals surface area contributed by atoms with E-state index in [-0.39, 0.29) is 45.3 Å². The Morgan fingerprint density at radius 1 is 0.711 bits per heavy atom. The van der Waals surface area contributed by atoms with Gasteiger partial charge in [-0.2, -0.15) is 0 Å². The van der Waals surface area contributed by atoms with Gasteiger partial charge in [0.25, 0.3) is 0 Å². The highest BCUT2D eigenvalue weighted by molar-refractivity contribution is 6.49. The summed E-state index contributed by atoms with van der Waals surface area (Å²) < 4.78 is 11.3. The van der Waals surface area contributed by atoms with E-state index in [1.54, 1.807) is 48.5 Å². The van der Waals surface area contributed by atoms with Crippen molar-refractivity contribution in [3.8, 4) is 23.0 Å². The molecule has 0 radical (unpaired) electrons. The number of carbonyl (C=O) groups is 4. The lowest BCUT2D eigenvalue weighted by atomic mass is 10.0. The van der Waals surface area contributed by atoms with Crippen molar-refractivity contribution in [2.24, 2.45) is 0 Å². The van der Waals surface area contributed by atoms with Crippen LogP contribution in [0.5, 0.6) is 23.0 Å². The van der Waals surface area contributed by atoms with E-state index >= 15 is 0 Å². The summed E-state index contributed by atoms with van der Waals surface area (Å²) >= 11 is 0. The highest BCUT2D eigenvalue weighted by atomic mass is 16.6. The largest absolute Gasteiger partial charge is 0.507 e. The van der Waals surface area contributed by atoms with Gasteiger partial charge < -0.3 is 14.6 Å². The van der Waals surface area contributed by atoms with Crippen LogP contribution in [0.15, 0.2) is 109 Å². The first-order chi connectivity index (χ1) is 18.3. The van der Waals surface area contributed by atoms with Gasteiger partial charge in [0.1, 0.15) is 11.5 Å². The number of hydrogen-bond donors (Lipinski definition) is 1. The molecule has 7 nitrogen and oxygen atoms in total. The number of ether oxygens (including phenoxy) is 2. The third-order valence-electron chi connectivity index (χ3n) is 5.49. The fourth-order valence-electron chi connectivity index (χ4n) is 3.54. The van der Waals surface area contributed by atoms with Crippen LogP contribution in [-0.4, -0.2) is 28.4 Å². The van der Waals surface area contributed by atoms with E-state index in [1.807, 2.05) is 0 Å². The summed E-state index contributed by atoms with van der Waals surface area (Å²) in [6.45, 7) is 5.01. The molecule has 38 heavy (non-hydrogen) atoms. The van der Waals surface area contributed by atoms with Crippen LogP contribution in [0, 0.1) is 0 Å². The first kappa shape index (κ1) is 25.8. The molecule has 0 amide bonds. The first-order valence-corrected chi connectivity index (χ1v) is 11.5. The molecule has 0 heterocycles. The molecular weight excluding hydrogens is 484 g/mol. The molecule has 0 aliphatic carbocycles. The number of Topliss-reactive ketones (excluding diaryl/α,β-unsaturated/α-hetero) is 2. The molecule has 4 aromatic carbocycles. The normalized spacial score (nSPS) is 10.3. The van der Waals surface area contributed by atoms with Gasteiger partial charge >= 0.3 is 5.97 Å². The number of ketones is 3. The average molecular weight is 507 g/mol. The quantitative estimate of drug-likeness (QED) is 0.0981. The van der Waals surface area contributed by atoms with Gasteiger partial charge in [-0.25, -0.2) is 4.79 Å². The molecule has 0 fully saturated rings. The molecule has 0 saturated carbocycles. The zero-order chi connectivity index (χ0) is 27.2. The van der Waals surface area contributed by atoms with E-state index < -0.39 is 23.3 Å². The number of hydrogen-bond acceptors (Lipinski definition) is 7. The topological polar surface area (TPSA) is 107 Å². The molecule has 0 aliphatic rings. The van der Waals surface area contributed by atoms with E-state index in [0.717, 1.165) is 0 Å². The van der Waals surface area contributed by atoms with Crippen molar-refractivity contribution >= 4 is 23.3 Å². The van der Waals surface area contributed by atoms with Crippen LogP contribution in [-0.2, 0) is 4.79 Å². The Hall–Kier alpha value is -5.30. The maximum Gasteiger partial charge on any atom is 0.338 e. The fraction of sp³-hybridized carbons (Fsp3) is 0.0323. The van der Waals surface area contributed by atoms with Crippen molar-refractivity contribution in [1.29, 1.82) is 0 Å². The number of rotatable bonds is 9. The second-order valence-electron chi connectivity index (χ2n) is 8.30. The highest BCUT2D eigenvalue weighted by Gasteiger charge is 2.26. The number of para-hydroxylation sites is 1. The average Bonchev–Trinajstić information content (AvgIpc) is 2.93. The minimum atomic E-state index is -0.889. The number of aromatic hydroxyl groups is 1. The summed E-state index contributed by atoms with van der Waals surface area (Å²) in [4.78, 5) is 51.1. The van der Waals surface area contributed by atoms with E-state index in [4.69, 9.17) is 9.47 Å². The van der Waals surface area contributed by atoms with Crippen LogP contribution in [0.2, 0.25) is 0 Å². The van der Waals surface area contributed by atoms with Gasteiger partial charge in [-0.05, 0) is 31.2 Å². The summed E-state index contributed by atoms with van der Waals surface area (Å²) in [6, 6.07) is 24.6. The molecule has 0 spiro atoms. The lowest BCUT2D eigenvalue weighted by Gasteiger charge is -2.15. The van der Waals surface area contributed by atoms with E-state index in [1.165, 1.54) is 55.5 Å². The predicted molar refractivity (Wildman–Crippen MR) is 140 cm³/mol. The molecule has 0 atom stereocenters. The van der Waals surface area contributed by atoms with Gasteiger partial charge in [0.15, 0.2) is 17.3 Å². The minimum Gasteiger partial charge on any atom is -0.507 e. The zero-order valence-corrected chi connectivity index (χ0v) is 20.3. The summed E-state index contributed by atoms with van der Waals surface area (Å²) in [5, 5.41) is 10.6. The summed E-state index contributed by atoms with van der Waals surface area (Å²) in [6.07, 6.45) is 0. The molecular formula is C31H22O7. The van der Waals surface area contributed by atoms with Crippen LogP contribution in [0.1, 0.15) is 43.6 Å². The maximum atomic E-state index is 13.2. The fourth-order valence-corrected chi connectivity index (χ4v) is 3.54. The third kappa shape index (κ3) is 5.57. The Kier molecular flexibility index (Phi) is 7.58. The summed E-state index contributed by atoms with van der Waals surface area (Å²) in [7, 11) is 0. The van der Waals surface area contributed by atoms with Gasteiger partial charge in [0, 0.05) is 22.8 Å². The molecule has 1 N–H and O–H groups in total. The SMILES string of the molecule is C=C(C)C(=O)Oc1cccc(C(=O)C(=O)c2ccccc2)c1Oc1ccc(C(=O)c2ccccc2)c(O)c1. The molecule has 7 heteroatoms. The summed E-state index contributed by atoms with van der Waals surface area (Å²) in [5.74, 6) is -3.50. The molecule has 0 unspecified atom stereocenters. The number of esters is 1. The van der Waals surface area contributed by atoms with Crippen LogP contribution in [0.25, 0.3) is 0 Å². The zero-order valence-electron chi connectivity index (χ0n) is 20.3. The number of phenolic OH excluding ortho intramolecular Hbond substituents is 1. The van der Waals surface area contributed by atoms with Crippen molar-refractivity contribution < 1.29 is 33.8 Å². The van der Waals surface area contributed by atoms with Gasteiger partial charge in [0.2, 0.25) is 11.6 Å². The van der Waals surface area contributed by atoms with Crippen LogP contribution < -0.4 is 9.47 Å². The highest BCUT2D eigenvalue weighted by Crippen LogP contribution is 2.38. The molecule has 0 saturated heterocycles. The lowest BCUT2D eigenvalue weighted by Crippen LogP contribution is -2.16. The smallest absolute Gasteiger partial charge is 0.338 e. The molecule has 0 bridgehead atoms. The van der Waals surface area contributed by atoms with E-state index in [9.17, 15) is 24.3 Å². The molecule has 188 valence electrons. The Bertz CT molecular complexity index is 1550. The Labute approximate surface area is 218 Å². The Morgan fingerprint density at radius 2 is 1.34 bits per heavy atom. The second-order valence-corrected chi connectivity index (χ2v) is 8.30. The Morgan fingerprint density at radius 3 is 1.95 bits per heavy atom. The molecule has 0 aromatic heterocycles. The predicted octanol–water partition coefficient (Wildman–Crippen LogP) is 5.96. The second kappa shape index (κ2) is 11.2.